The van der Waals surface area contributed by atoms with Crippen LogP contribution in [0, 0.1) is 12.7 Å². The largest absolute Gasteiger partial charge is 0.351 e. The number of halogens is 2. The molecule has 0 saturated carbocycles. The highest BCUT2D eigenvalue weighted by atomic mass is 35.5. The van der Waals surface area contributed by atoms with E-state index in [1.807, 2.05) is 19.9 Å². The molecular weight excluding hydrogens is 369 g/mol. The third-order valence-corrected chi connectivity index (χ3v) is 4.30. The van der Waals surface area contributed by atoms with Gasteiger partial charge in [-0.05, 0) is 48.9 Å². The summed E-state index contributed by atoms with van der Waals surface area (Å²) >= 11 is 6.12. The van der Waals surface area contributed by atoms with Crippen LogP contribution in [0.3, 0.4) is 0 Å². The van der Waals surface area contributed by atoms with Crippen molar-refractivity contribution in [1.82, 2.24) is 10.2 Å². The van der Waals surface area contributed by atoms with Gasteiger partial charge in [-0.1, -0.05) is 36.7 Å². The van der Waals surface area contributed by atoms with Gasteiger partial charge in [-0.15, -0.1) is 0 Å². The summed E-state index contributed by atoms with van der Waals surface area (Å²) in [6, 6.07) is 11.3. The van der Waals surface area contributed by atoms with Gasteiger partial charge in [0.15, 0.2) is 0 Å². The summed E-state index contributed by atoms with van der Waals surface area (Å²) in [5, 5.41) is 6.00. The van der Waals surface area contributed by atoms with Crippen molar-refractivity contribution in [2.75, 3.05) is 25.0 Å². The number of aryl methyl sites for hydroxylation is 1. The molecule has 144 valence electrons. The lowest BCUT2D eigenvalue weighted by molar-refractivity contribution is -0.123. The number of benzene rings is 2. The minimum atomic E-state index is -0.318. The van der Waals surface area contributed by atoms with Crippen LogP contribution >= 0.6 is 11.6 Å². The van der Waals surface area contributed by atoms with Gasteiger partial charge in [0.05, 0.1) is 23.8 Å². The first kappa shape index (κ1) is 20.9. The molecule has 0 radical (unpaired) electrons. The Morgan fingerprint density at radius 1 is 1.07 bits per heavy atom. The van der Waals surface area contributed by atoms with Crippen LogP contribution in [0.2, 0.25) is 5.02 Å². The number of rotatable bonds is 8. The molecule has 2 aromatic carbocycles. The summed E-state index contributed by atoms with van der Waals surface area (Å²) in [6.07, 6.45) is 0. The van der Waals surface area contributed by atoms with Gasteiger partial charge in [-0.2, -0.15) is 0 Å². The zero-order valence-corrected chi connectivity index (χ0v) is 16.1. The van der Waals surface area contributed by atoms with Crippen LogP contribution in [0.5, 0.6) is 0 Å². The van der Waals surface area contributed by atoms with E-state index in [9.17, 15) is 14.0 Å². The highest BCUT2D eigenvalue weighted by Gasteiger charge is 2.14. The van der Waals surface area contributed by atoms with Crippen LogP contribution in [-0.2, 0) is 16.1 Å². The number of likely N-dealkylation sites (N-methyl/N-ethyl adjacent to an activating group) is 1. The zero-order chi connectivity index (χ0) is 19.8. The Labute approximate surface area is 163 Å². The number of carbonyl (C=O) groups is 2. The molecule has 0 aliphatic carbocycles. The molecule has 0 bridgehead atoms. The Bertz CT molecular complexity index is 796. The third-order valence-electron chi connectivity index (χ3n) is 3.98. The number of amides is 2. The smallest absolute Gasteiger partial charge is 0.238 e. The second-order valence-electron chi connectivity index (χ2n) is 6.24. The van der Waals surface area contributed by atoms with Crippen LogP contribution in [0.15, 0.2) is 42.5 Å². The molecule has 0 atom stereocenters. The first-order chi connectivity index (χ1) is 12.9. The molecule has 2 aromatic rings. The van der Waals surface area contributed by atoms with Crippen molar-refractivity contribution in [2.24, 2.45) is 0 Å². The van der Waals surface area contributed by atoms with Crippen molar-refractivity contribution >= 4 is 29.1 Å². The molecule has 0 aliphatic heterocycles. The molecule has 0 aromatic heterocycles. The van der Waals surface area contributed by atoms with Gasteiger partial charge in [-0.25, -0.2) is 4.39 Å². The Kier molecular flexibility index (Phi) is 7.76. The Morgan fingerprint density at radius 2 is 1.74 bits per heavy atom. The molecule has 0 fully saturated rings. The topological polar surface area (TPSA) is 61.4 Å². The molecule has 7 heteroatoms. The number of hydrogen-bond acceptors (Lipinski definition) is 3. The molecular formula is C20H23ClFN3O2. The van der Waals surface area contributed by atoms with E-state index in [1.165, 1.54) is 12.1 Å². The zero-order valence-electron chi connectivity index (χ0n) is 15.4. The first-order valence-electron chi connectivity index (χ1n) is 8.67. The normalized spacial score (nSPS) is 10.7. The Hall–Kier alpha value is -2.44. The van der Waals surface area contributed by atoms with Crippen molar-refractivity contribution in [3.63, 3.8) is 0 Å². The minimum Gasteiger partial charge on any atom is -0.351 e. The highest BCUT2D eigenvalue weighted by Crippen LogP contribution is 2.22. The van der Waals surface area contributed by atoms with Gasteiger partial charge in [0.2, 0.25) is 11.8 Å². The highest BCUT2D eigenvalue weighted by molar-refractivity contribution is 6.33. The fourth-order valence-corrected chi connectivity index (χ4v) is 2.74. The lowest BCUT2D eigenvalue weighted by Crippen LogP contribution is -2.40. The summed E-state index contributed by atoms with van der Waals surface area (Å²) in [6.45, 7) is 4.80. The van der Waals surface area contributed by atoms with E-state index in [1.54, 1.807) is 29.2 Å². The van der Waals surface area contributed by atoms with Gasteiger partial charge in [0, 0.05) is 6.54 Å². The third kappa shape index (κ3) is 7.00. The molecule has 0 spiro atoms. The molecule has 0 unspecified atom stereocenters. The Balaban J connectivity index is 1.82. The number of nitrogens with zero attached hydrogens (tertiary/aromatic N) is 1. The Morgan fingerprint density at radius 3 is 2.37 bits per heavy atom. The van der Waals surface area contributed by atoms with Crippen molar-refractivity contribution in [1.29, 1.82) is 0 Å². The van der Waals surface area contributed by atoms with E-state index in [4.69, 9.17) is 11.6 Å². The van der Waals surface area contributed by atoms with Crippen LogP contribution < -0.4 is 10.6 Å². The standard InChI is InChI=1S/C20H23ClFN3O2/c1-3-25(12-19(26)23-11-15-5-7-16(22)8-6-15)13-20(27)24-18-9-4-14(2)10-17(18)21/h4-10H,3,11-13H2,1-2H3,(H,23,26)(H,24,27). The maximum absolute atomic E-state index is 12.9. The molecule has 2 rings (SSSR count). The maximum Gasteiger partial charge on any atom is 0.238 e. The minimum absolute atomic E-state index is 0.0741. The molecule has 5 nitrogen and oxygen atoms in total. The van der Waals surface area contributed by atoms with Crippen molar-refractivity contribution < 1.29 is 14.0 Å². The number of carbonyl (C=O) groups excluding carboxylic acids is 2. The fraction of sp³-hybridized carbons (Fsp3) is 0.300. The molecule has 2 N–H and O–H groups in total. The van der Waals surface area contributed by atoms with E-state index >= 15 is 0 Å². The summed E-state index contributed by atoms with van der Waals surface area (Å²) in [5.41, 5.74) is 2.36. The van der Waals surface area contributed by atoms with Crippen molar-refractivity contribution in [3.8, 4) is 0 Å². The van der Waals surface area contributed by atoms with Gasteiger partial charge < -0.3 is 10.6 Å². The average Bonchev–Trinajstić information content (AvgIpc) is 2.63. The predicted octanol–water partition coefficient (Wildman–Crippen LogP) is 3.36. The predicted molar refractivity (Wildman–Crippen MR) is 105 cm³/mol. The molecule has 0 heterocycles. The molecule has 0 aliphatic rings. The van der Waals surface area contributed by atoms with Gasteiger partial charge in [-0.3, -0.25) is 14.5 Å². The fourth-order valence-electron chi connectivity index (χ4n) is 2.46. The van der Waals surface area contributed by atoms with E-state index in [0.717, 1.165) is 11.1 Å². The summed E-state index contributed by atoms with van der Waals surface area (Å²) in [7, 11) is 0. The SMILES string of the molecule is CCN(CC(=O)NCc1ccc(F)cc1)CC(=O)Nc1ccc(C)cc1Cl. The quantitative estimate of drug-likeness (QED) is 0.725. The molecule has 2 amide bonds. The number of hydrogen-bond donors (Lipinski definition) is 2. The van der Waals surface area contributed by atoms with Gasteiger partial charge >= 0.3 is 0 Å². The van der Waals surface area contributed by atoms with Crippen LogP contribution in [0.25, 0.3) is 0 Å². The van der Waals surface area contributed by atoms with Gasteiger partial charge in [0.1, 0.15) is 5.82 Å². The second-order valence-corrected chi connectivity index (χ2v) is 6.65. The van der Waals surface area contributed by atoms with Crippen LogP contribution in [0.1, 0.15) is 18.1 Å². The molecule has 27 heavy (non-hydrogen) atoms. The maximum atomic E-state index is 12.9. The average molecular weight is 392 g/mol. The summed E-state index contributed by atoms with van der Waals surface area (Å²) in [5.74, 6) is -0.766. The number of anilines is 1. The van der Waals surface area contributed by atoms with Gasteiger partial charge in [0.25, 0.3) is 0 Å². The van der Waals surface area contributed by atoms with E-state index < -0.39 is 0 Å². The second kappa shape index (κ2) is 10.0. The number of nitrogens with one attached hydrogen (secondary N) is 2. The lowest BCUT2D eigenvalue weighted by Gasteiger charge is -2.19. The molecule has 0 saturated heterocycles. The van der Waals surface area contributed by atoms with E-state index in [2.05, 4.69) is 10.6 Å². The van der Waals surface area contributed by atoms with Crippen molar-refractivity contribution in [3.05, 3.63) is 64.4 Å². The lowest BCUT2D eigenvalue weighted by atomic mass is 10.2. The summed E-state index contributed by atoms with van der Waals surface area (Å²) in [4.78, 5) is 26.1. The van der Waals surface area contributed by atoms with Crippen molar-refractivity contribution in [2.45, 2.75) is 20.4 Å². The summed E-state index contributed by atoms with van der Waals surface area (Å²) < 4.78 is 12.9. The van der Waals surface area contributed by atoms with Crippen LogP contribution in [0.4, 0.5) is 10.1 Å². The van der Waals surface area contributed by atoms with E-state index in [0.29, 0.717) is 23.8 Å². The van der Waals surface area contributed by atoms with E-state index in [-0.39, 0.29) is 30.7 Å². The first-order valence-corrected chi connectivity index (χ1v) is 9.04. The van der Waals surface area contributed by atoms with Crippen LogP contribution in [-0.4, -0.2) is 36.3 Å². The monoisotopic (exact) mass is 391 g/mol.